The predicted molar refractivity (Wildman–Crippen MR) is 68.5 cm³/mol. The van der Waals surface area contributed by atoms with Gasteiger partial charge in [0.15, 0.2) is 0 Å². The minimum atomic E-state index is -4.52. The van der Waals surface area contributed by atoms with Gasteiger partial charge >= 0.3 is 6.18 Å². The van der Waals surface area contributed by atoms with Gasteiger partial charge in [-0.2, -0.15) is 13.2 Å². The first-order valence-corrected chi connectivity index (χ1v) is 6.48. The molecule has 0 atom stereocenters. The predicted octanol–water partition coefficient (Wildman–Crippen LogP) is 3.40. The van der Waals surface area contributed by atoms with Crippen LogP contribution >= 0.6 is 27.5 Å². The lowest BCUT2D eigenvalue weighted by atomic mass is 10.1. The van der Waals surface area contributed by atoms with Gasteiger partial charge in [0.1, 0.15) is 12.3 Å². The highest BCUT2D eigenvalue weighted by Crippen LogP contribution is 2.25. The molecule has 1 rings (SSSR count). The summed E-state index contributed by atoms with van der Waals surface area (Å²) in [5.74, 6) is -1.43. The molecule has 1 N–H and O–H groups in total. The fourth-order valence-corrected chi connectivity index (χ4v) is 1.98. The van der Waals surface area contributed by atoms with Crippen molar-refractivity contribution < 1.29 is 23.1 Å². The SMILES string of the molecule is O=C(c1ccc(Br)cc1O)N(CCCl)CC(F)(F)F. The lowest BCUT2D eigenvalue weighted by Gasteiger charge is -2.23. The molecule has 0 fully saturated rings. The van der Waals surface area contributed by atoms with Crippen LogP contribution in [0.25, 0.3) is 0 Å². The first-order valence-electron chi connectivity index (χ1n) is 5.15. The van der Waals surface area contributed by atoms with Gasteiger partial charge in [-0.1, -0.05) is 15.9 Å². The summed E-state index contributed by atoms with van der Waals surface area (Å²) in [7, 11) is 0. The molecule has 0 bridgehead atoms. The molecule has 0 unspecified atom stereocenters. The molecule has 0 radical (unpaired) electrons. The van der Waals surface area contributed by atoms with Crippen molar-refractivity contribution in [2.75, 3.05) is 19.0 Å². The van der Waals surface area contributed by atoms with Gasteiger partial charge in [0.2, 0.25) is 0 Å². The first-order chi connectivity index (χ1) is 8.74. The monoisotopic (exact) mass is 359 g/mol. The van der Waals surface area contributed by atoms with Crippen molar-refractivity contribution in [2.24, 2.45) is 0 Å². The van der Waals surface area contributed by atoms with Crippen LogP contribution in [0.4, 0.5) is 13.2 Å². The van der Waals surface area contributed by atoms with E-state index in [0.717, 1.165) is 0 Å². The second kappa shape index (κ2) is 6.47. The Morgan fingerprint density at radius 1 is 1.42 bits per heavy atom. The molecule has 3 nitrogen and oxygen atoms in total. The zero-order valence-corrected chi connectivity index (χ0v) is 11.9. The summed E-state index contributed by atoms with van der Waals surface area (Å²) in [5.41, 5.74) is -0.197. The summed E-state index contributed by atoms with van der Waals surface area (Å²) in [4.78, 5) is 12.5. The molecule has 0 spiro atoms. The molecule has 1 aromatic rings. The highest BCUT2D eigenvalue weighted by molar-refractivity contribution is 9.10. The number of hydrogen-bond acceptors (Lipinski definition) is 2. The average Bonchev–Trinajstić information content (AvgIpc) is 2.26. The molecule has 0 saturated heterocycles. The average molecular weight is 361 g/mol. The zero-order valence-electron chi connectivity index (χ0n) is 9.55. The number of phenolic OH excluding ortho intramolecular Hbond substituents is 1. The normalized spacial score (nSPS) is 11.4. The third-order valence-electron chi connectivity index (χ3n) is 2.20. The fraction of sp³-hybridized carbons (Fsp3) is 0.364. The third kappa shape index (κ3) is 4.91. The summed E-state index contributed by atoms with van der Waals surface area (Å²) < 4.78 is 37.6. The number of alkyl halides is 4. The maximum atomic E-state index is 12.4. The van der Waals surface area contributed by atoms with Gasteiger partial charge in [-0.25, -0.2) is 0 Å². The second-order valence-electron chi connectivity index (χ2n) is 3.69. The minimum absolute atomic E-state index is 0.126. The maximum Gasteiger partial charge on any atom is 0.406 e. The Kier molecular flexibility index (Phi) is 5.49. The van der Waals surface area contributed by atoms with Gasteiger partial charge < -0.3 is 10.0 Å². The van der Waals surface area contributed by atoms with Crippen molar-refractivity contribution in [3.05, 3.63) is 28.2 Å². The molecule has 0 aliphatic heterocycles. The molecular weight excluding hydrogens is 350 g/mol. The van der Waals surface area contributed by atoms with Gasteiger partial charge in [0.05, 0.1) is 5.56 Å². The minimum Gasteiger partial charge on any atom is -0.507 e. The number of phenols is 1. The maximum absolute atomic E-state index is 12.4. The Morgan fingerprint density at radius 2 is 2.05 bits per heavy atom. The number of amides is 1. The number of hydrogen-bond donors (Lipinski definition) is 1. The van der Waals surface area contributed by atoms with Crippen molar-refractivity contribution in [1.82, 2.24) is 4.90 Å². The van der Waals surface area contributed by atoms with Crippen molar-refractivity contribution in [1.29, 1.82) is 0 Å². The largest absolute Gasteiger partial charge is 0.507 e. The Morgan fingerprint density at radius 3 is 2.53 bits per heavy atom. The number of benzene rings is 1. The van der Waals surface area contributed by atoms with Crippen molar-refractivity contribution >= 4 is 33.4 Å². The number of rotatable bonds is 4. The van der Waals surface area contributed by atoms with Gasteiger partial charge in [-0.05, 0) is 18.2 Å². The molecule has 19 heavy (non-hydrogen) atoms. The van der Waals surface area contributed by atoms with Crippen LogP contribution in [0.15, 0.2) is 22.7 Å². The molecule has 8 heteroatoms. The van der Waals surface area contributed by atoms with Crippen LogP contribution in [0.3, 0.4) is 0 Å². The van der Waals surface area contributed by atoms with Crippen molar-refractivity contribution in [3.8, 4) is 5.75 Å². The van der Waals surface area contributed by atoms with E-state index in [1.54, 1.807) is 0 Å². The Labute approximate surface area is 121 Å². The quantitative estimate of drug-likeness (QED) is 0.836. The van der Waals surface area contributed by atoms with E-state index in [0.29, 0.717) is 9.37 Å². The Bertz CT molecular complexity index is 468. The molecule has 0 aliphatic carbocycles. The smallest absolute Gasteiger partial charge is 0.406 e. The van der Waals surface area contributed by atoms with E-state index < -0.39 is 18.6 Å². The fourth-order valence-electron chi connectivity index (χ4n) is 1.43. The second-order valence-corrected chi connectivity index (χ2v) is 4.99. The van der Waals surface area contributed by atoms with Crippen LogP contribution in [0.2, 0.25) is 0 Å². The highest BCUT2D eigenvalue weighted by Gasteiger charge is 2.33. The number of aromatic hydroxyl groups is 1. The van der Waals surface area contributed by atoms with E-state index in [1.165, 1.54) is 18.2 Å². The lowest BCUT2D eigenvalue weighted by Crippen LogP contribution is -2.40. The van der Waals surface area contributed by atoms with E-state index in [4.69, 9.17) is 11.6 Å². The van der Waals surface area contributed by atoms with E-state index >= 15 is 0 Å². The molecular formula is C11H10BrClF3NO2. The molecule has 106 valence electrons. The summed E-state index contributed by atoms with van der Waals surface area (Å²) in [5, 5.41) is 9.59. The summed E-state index contributed by atoms with van der Waals surface area (Å²) in [6.07, 6.45) is -4.52. The van der Waals surface area contributed by atoms with Crippen molar-refractivity contribution in [2.45, 2.75) is 6.18 Å². The van der Waals surface area contributed by atoms with E-state index in [-0.39, 0.29) is 23.7 Å². The molecule has 1 amide bonds. The van der Waals surface area contributed by atoms with Gasteiger partial charge in [0, 0.05) is 16.9 Å². The van der Waals surface area contributed by atoms with Crippen LogP contribution in [0, 0.1) is 0 Å². The highest BCUT2D eigenvalue weighted by atomic mass is 79.9. The molecule has 0 heterocycles. The zero-order chi connectivity index (χ0) is 14.6. The molecule has 0 aromatic heterocycles. The summed E-state index contributed by atoms with van der Waals surface area (Å²) in [6.45, 7) is -1.66. The van der Waals surface area contributed by atoms with Crippen LogP contribution in [0.5, 0.6) is 5.75 Å². The Hall–Kier alpha value is -0.950. The standard InChI is InChI=1S/C11H10BrClF3NO2/c12-7-1-2-8(9(18)5-7)10(19)17(4-3-13)6-11(14,15)16/h1-2,5,18H,3-4,6H2. The topological polar surface area (TPSA) is 40.5 Å². The molecule has 0 aliphatic rings. The number of carbonyl (C=O) groups is 1. The van der Waals surface area contributed by atoms with E-state index in [1.807, 2.05) is 0 Å². The van der Waals surface area contributed by atoms with Crippen LogP contribution in [-0.4, -0.2) is 41.1 Å². The van der Waals surface area contributed by atoms with Crippen LogP contribution in [-0.2, 0) is 0 Å². The molecule has 0 saturated carbocycles. The number of halogens is 5. The third-order valence-corrected chi connectivity index (χ3v) is 2.86. The number of carbonyl (C=O) groups excluding carboxylic acids is 1. The van der Waals surface area contributed by atoms with Gasteiger partial charge in [0.25, 0.3) is 5.91 Å². The number of nitrogens with zero attached hydrogens (tertiary/aromatic N) is 1. The lowest BCUT2D eigenvalue weighted by molar-refractivity contribution is -0.140. The van der Waals surface area contributed by atoms with Crippen molar-refractivity contribution in [3.63, 3.8) is 0 Å². The van der Waals surface area contributed by atoms with Gasteiger partial charge in [-0.15, -0.1) is 11.6 Å². The molecule has 1 aromatic carbocycles. The van der Waals surface area contributed by atoms with Crippen LogP contribution < -0.4 is 0 Å². The Balaban J connectivity index is 2.99. The van der Waals surface area contributed by atoms with E-state index in [2.05, 4.69) is 15.9 Å². The van der Waals surface area contributed by atoms with E-state index in [9.17, 15) is 23.1 Å². The first kappa shape index (κ1) is 16.1. The van der Waals surface area contributed by atoms with Crippen LogP contribution in [0.1, 0.15) is 10.4 Å². The summed E-state index contributed by atoms with van der Waals surface area (Å²) in [6, 6.07) is 3.94. The van der Waals surface area contributed by atoms with Gasteiger partial charge in [-0.3, -0.25) is 4.79 Å². The summed E-state index contributed by atoms with van der Waals surface area (Å²) >= 11 is 8.47.